The Labute approximate surface area is 207 Å². The Morgan fingerprint density at radius 1 is 0.735 bits per heavy atom. The highest BCUT2D eigenvalue weighted by Gasteiger charge is 2.39. The van der Waals surface area contributed by atoms with Gasteiger partial charge in [-0.25, -0.2) is 0 Å². The zero-order valence-corrected chi connectivity index (χ0v) is 22.2. The topological polar surface area (TPSA) is 3.24 Å². The lowest BCUT2D eigenvalue weighted by molar-refractivity contribution is 0.224. The Morgan fingerprint density at radius 2 is 1.35 bits per heavy atom. The SMILES string of the molecule is CC1(C)CCC(c2cc3c(cc2N(c2ccccc2)C(C)(C)C)-c2ccccc2C3(C)C)CC1. The monoisotopic (exact) mass is 451 g/mol. The molecule has 0 amide bonds. The van der Waals surface area contributed by atoms with E-state index < -0.39 is 0 Å². The molecule has 1 heteroatoms. The van der Waals surface area contributed by atoms with Gasteiger partial charge in [0.1, 0.15) is 0 Å². The van der Waals surface area contributed by atoms with Crippen LogP contribution >= 0.6 is 0 Å². The van der Waals surface area contributed by atoms with Crippen molar-refractivity contribution < 1.29 is 0 Å². The Balaban J connectivity index is 1.75. The lowest BCUT2D eigenvalue weighted by atomic mass is 9.70. The van der Waals surface area contributed by atoms with Gasteiger partial charge >= 0.3 is 0 Å². The molecule has 0 saturated heterocycles. The van der Waals surface area contributed by atoms with E-state index in [1.807, 2.05) is 0 Å². The minimum absolute atomic E-state index is 0.0342. The van der Waals surface area contributed by atoms with Gasteiger partial charge in [-0.2, -0.15) is 0 Å². The molecule has 0 bridgehead atoms. The van der Waals surface area contributed by atoms with Crippen LogP contribution in [-0.4, -0.2) is 5.54 Å². The van der Waals surface area contributed by atoms with Crippen molar-refractivity contribution in [2.45, 2.75) is 91.0 Å². The van der Waals surface area contributed by atoms with Crippen LogP contribution in [0.1, 0.15) is 96.8 Å². The van der Waals surface area contributed by atoms with Crippen LogP contribution in [0.15, 0.2) is 66.7 Å². The largest absolute Gasteiger partial charge is 0.336 e. The molecule has 3 aromatic carbocycles. The van der Waals surface area contributed by atoms with Crippen molar-refractivity contribution in [3.8, 4) is 11.1 Å². The summed E-state index contributed by atoms with van der Waals surface area (Å²) in [5, 5.41) is 0. The molecular weight excluding hydrogens is 410 g/mol. The summed E-state index contributed by atoms with van der Waals surface area (Å²) in [7, 11) is 0. The van der Waals surface area contributed by atoms with Gasteiger partial charge in [-0.05, 0) is 104 Å². The molecule has 0 aliphatic heterocycles. The molecule has 1 fully saturated rings. The first kappa shape index (κ1) is 23.2. The van der Waals surface area contributed by atoms with Crippen molar-refractivity contribution in [1.82, 2.24) is 0 Å². The Bertz CT molecular complexity index is 1180. The fourth-order valence-corrected chi connectivity index (χ4v) is 6.45. The highest BCUT2D eigenvalue weighted by molar-refractivity contribution is 5.86. The van der Waals surface area contributed by atoms with Crippen LogP contribution in [0.5, 0.6) is 0 Å². The third kappa shape index (κ3) is 3.88. The van der Waals surface area contributed by atoms with E-state index in [-0.39, 0.29) is 11.0 Å². The fourth-order valence-electron chi connectivity index (χ4n) is 6.45. The van der Waals surface area contributed by atoms with E-state index in [4.69, 9.17) is 0 Å². The first-order chi connectivity index (χ1) is 16.0. The molecule has 2 aliphatic rings. The highest BCUT2D eigenvalue weighted by atomic mass is 15.2. The average Bonchev–Trinajstić information content (AvgIpc) is 3.00. The van der Waals surface area contributed by atoms with Crippen molar-refractivity contribution >= 4 is 11.4 Å². The van der Waals surface area contributed by atoms with Crippen molar-refractivity contribution in [1.29, 1.82) is 0 Å². The van der Waals surface area contributed by atoms with Gasteiger partial charge < -0.3 is 4.90 Å². The predicted molar refractivity (Wildman–Crippen MR) is 147 cm³/mol. The molecule has 0 radical (unpaired) electrons. The molecule has 0 atom stereocenters. The summed E-state index contributed by atoms with van der Waals surface area (Å²) < 4.78 is 0. The summed E-state index contributed by atoms with van der Waals surface area (Å²) in [5.41, 5.74) is 10.5. The second kappa shape index (κ2) is 8.01. The van der Waals surface area contributed by atoms with Gasteiger partial charge in [0.15, 0.2) is 0 Å². The van der Waals surface area contributed by atoms with E-state index in [2.05, 4.69) is 120 Å². The zero-order chi connectivity index (χ0) is 24.3. The number of rotatable bonds is 3. The Morgan fingerprint density at radius 3 is 2.00 bits per heavy atom. The maximum absolute atomic E-state index is 2.61. The second-order valence-electron chi connectivity index (χ2n) is 12.9. The molecule has 0 unspecified atom stereocenters. The van der Waals surface area contributed by atoms with Gasteiger partial charge in [-0.1, -0.05) is 76.2 Å². The van der Waals surface area contributed by atoms with Gasteiger partial charge in [-0.3, -0.25) is 0 Å². The molecular formula is C33H41N. The van der Waals surface area contributed by atoms with Crippen molar-refractivity contribution in [2.75, 3.05) is 4.90 Å². The van der Waals surface area contributed by atoms with E-state index in [1.54, 1.807) is 5.56 Å². The number of nitrogens with zero attached hydrogens (tertiary/aromatic N) is 1. The van der Waals surface area contributed by atoms with E-state index in [0.29, 0.717) is 11.3 Å². The molecule has 0 spiro atoms. The molecule has 0 heterocycles. The second-order valence-corrected chi connectivity index (χ2v) is 12.9. The van der Waals surface area contributed by atoms with Crippen LogP contribution in [0.2, 0.25) is 0 Å². The van der Waals surface area contributed by atoms with Crippen molar-refractivity contribution in [3.05, 3.63) is 83.4 Å². The van der Waals surface area contributed by atoms with Crippen LogP contribution in [0.4, 0.5) is 11.4 Å². The quantitative estimate of drug-likeness (QED) is 0.383. The van der Waals surface area contributed by atoms with Crippen LogP contribution in [0.25, 0.3) is 11.1 Å². The van der Waals surface area contributed by atoms with Crippen LogP contribution in [-0.2, 0) is 5.41 Å². The standard InChI is InChI=1S/C33H41N/c1-31(2,3)34(24-13-9-8-10-14-24)30-22-27-25-15-11-12-16-28(25)33(6,7)29(27)21-26(30)23-17-19-32(4,5)20-18-23/h8-16,21-23H,17-20H2,1-7H3. The summed E-state index contributed by atoms with van der Waals surface area (Å²) in [6, 6.07) is 25.2. The normalized spacial score (nSPS) is 18.9. The Kier molecular flexibility index (Phi) is 5.47. The molecule has 1 saturated carbocycles. The first-order valence-corrected chi connectivity index (χ1v) is 13.1. The molecule has 3 aromatic rings. The number of fused-ring (bicyclic) bond motifs is 3. The zero-order valence-electron chi connectivity index (χ0n) is 22.2. The van der Waals surface area contributed by atoms with Gasteiger partial charge in [-0.15, -0.1) is 0 Å². The number of para-hydroxylation sites is 1. The Hall–Kier alpha value is -2.54. The van der Waals surface area contributed by atoms with Gasteiger partial charge in [0, 0.05) is 22.3 Å². The molecule has 0 N–H and O–H groups in total. The number of hydrogen-bond acceptors (Lipinski definition) is 1. The van der Waals surface area contributed by atoms with Crippen LogP contribution in [0, 0.1) is 5.41 Å². The predicted octanol–water partition coefficient (Wildman–Crippen LogP) is 9.61. The molecule has 34 heavy (non-hydrogen) atoms. The lowest BCUT2D eigenvalue weighted by Crippen LogP contribution is -2.38. The van der Waals surface area contributed by atoms with Gasteiger partial charge in [0.25, 0.3) is 0 Å². The van der Waals surface area contributed by atoms with Crippen molar-refractivity contribution in [2.24, 2.45) is 5.41 Å². The molecule has 0 aromatic heterocycles. The summed E-state index contributed by atoms with van der Waals surface area (Å²) in [6.07, 6.45) is 5.16. The van der Waals surface area contributed by atoms with E-state index >= 15 is 0 Å². The van der Waals surface area contributed by atoms with Crippen molar-refractivity contribution in [3.63, 3.8) is 0 Å². The molecule has 1 nitrogen and oxygen atoms in total. The van der Waals surface area contributed by atoms with E-state index in [1.165, 1.54) is 59.3 Å². The maximum atomic E-state index is 2.61. The maximum Gasteiger partial charge on any atom is 0.0457 e. The van der Waals surface area contributed by atoms with Crippen LogP contribution < -0.4 is 4.90 Å². The molecule has 5 rings (SSSR count). The fraction of sp³-hybridized carbons (Fsp3) is 0.455. The van der Waals surface area contributed by atoms with Crippen LogP contribution in [0.3, 0.4) is 0 Å². The first-order valence-electron chi connectivity index (χ1n) is 13.1. The van der Waals surface area contributed by atoms with E-state index in [0.717, 1.165) is 0 Å². The molecule has 2 aliphatic carbocycles. The third-order valence-corrected chi connectivity index (χ3v) is 8.44. The smallest absolute Gasteiger partial charge is 0.0457 e. The van der Waals surface area contributed by atoms with E-state index in [9.17, 15) is 0 Å². The number of anilines is 2. The lowest BCUT2D eigenvalue weighted by Gasteiger charge is -2.42. The summed E-state index contributed by atoms with van der Waals surface area (Å²) >= 11 is 0. The third-order valence-electron chi connectivity index (χ3n) is 8.44. The number of hydrogen-bond donors (Lipinski definition) is 0. The minimum atomic E-state index is -0.0358. The highest BCUT2D eigenvalue weighted by Crippen LogP contribution is 2.54. The van der Waals surface area contributed by atoms with Gasteiger partial charge in [0.2, 0.25) is 0 Å². The molecule has 178 valence electrons. The van der Waals surface area contributed by atoms with Gasteiger partial charge in [0.05, 0.1) is 0 Å². The summed E-state index contributed by atoms with van der Waals surface area (Å²) in [5.74, 6) is 0.612. The number of benzene rings is 3. The minimum Gasteiger partial charge on any atom is -0.336 e. The summed E-state index contributed by atoms with van der Waals surface area (Å²) in [6.45, 7) is 16.7. The summed E-state index contributed by atoms with van der Waals surface area (Å²) in [4.78, 5) is 2.59. The average molecular weight is 452 g/mol.